The Morgan fingerprint density at radius 2 is 2.00 bits per heavy atom. The summed E-state index contributed by atoms with van der Waals surface area (Å²) in [6.07, 6.45) is 5.01. The molecule has 94 valence electrons. The van der Waals surface area contributed by atoms with E-state index in [1.807, 2.05) is 0 Å². The second kappa shape index (κ2) is 5.03. The average Bonchev–Trinajstić information content (AvgIpc) is 3.05. The summed E-state index contributed by atoms with van der Waals surface area (Å²) in [6.45, 7) is 5.92. The summed E-state index contributed by atoms with van der Waals surface area (Å²) >= 11 is 0. The van der Waals surface area contributed by atoms with Gasteiger partial charge < -0.3 is 10.8 Å². The minimum atomic E-state index is 0.181. The maximum atomic E-state index is 9.59. The largest absolute Gasteiger partial charge is 0.395 e. The zero-order chi connectivity index (χ0) is 11.7. The molecular weight excluding hydrogens is 200 g/mol. The first-order chi connectivity index (χ1) is 7.63. The Morgan fingerprint density at radius 1 is 1.31 bits per heavy atom. The van der Waals surface area contributed by atoms with Gasteiger partial charge in [-0.05, 0) is 51.0 Å². The van der Waals surface area contributed by atoms with Gasteiger partial charge in [0.25, 0.3) is 0 Å². The van der Waals surface area contributed by atoms with Crippen molar-refractivity contribution in [1.29, 1.82) is 0 Å². The second-order valence-corrected chi connectivity index (χ2v) is 5.88. The highest BCUT2D eigenvalue weighted by molar-refractivity contribution is 4.95. The first kappa shape index (κ1) is 12.3. The maximum absolute atomic E-state index is 9.59. The Labute approximate surface area is 99.0 Å². The van der Waals surface area contributed by atoms with Crippen molar-refractivity contribution in [3.8, 4) is 0 Å². The number of aliphatic hydroxyl groups is 1. The Kier molecular flexibility index (Phi) is 3.88. The fourth-order valence-corrected chi connectivity index (χ4v) is 3.16. The fourth-order valence-electron chi connectivity index (χ4n) is 3.16. The van der Waals surface area contributed by atoms with Crippen LogP contribution in [0.1, 0.15) is 39.5 Å². The van der Waals surface area contributed by atoms with Gasteiger partial charge in [-0.3, -0.25) is 4.90 Å². The molecule has 3 N–H and O–H groups in total. The van der Waals surface area contributed by atoms with E-state index in [-0.39, 0.29) is 18.7 Å². The third-order valence-corrected chi connectivity index (χ3v) is 4.41. The lowest BCUT2D eigenvalue weighted by atomic mass is 9.90. The summed E-state index contributed by atoms with van der Waals surface area (Å²) < 4.78 is 0. The van der Waals surface area contributed by atoms with Gasteiger partial charge in [-0.25, -0.2) is 0 Å². The predicted molar refractivity (Wildman–Crippen MR) is 66.1 cm³/mol. The van der Waals surface area contributed by atoms with Crippen molar-refractivity contribution < 1.29 is 5.11 Å². The van der Waals surface area contributed by atoms with Crippen LogP contribution in [0, 0.1) is 11.8 Å². The molecule has 16 heavy (non-hydrogen) atoms. The minimum absolute atomic E-state index is 0.181. The molecule has 0 spiro atoms. The van der Waals surface area contributed by atoms with Gasteiger partial charge in [-0.1, -0.05) is 6.92 Å². The van der Waals surface area contributed by atoms with E-state index < -0.39 is 0 Å². The Bertz CT molecular complexity index is 230. The number of rotatable bonds is 4. The van der Waals surface area contributed by atoms with Crippen LogP contribution < -0.4 is 5.73 Å². The number of nitrogens with two attached hydrogens (primary N) is 1. The van der Waals surface area contributed by atoms with Crippen LogP contribution in [0.2, 0.25) is 0 Å². The highest BCUT2D eigenvalue weighted by Gasteiger charge is 2.38. The van der Waals surface area contributed by atoms with Gasteiger partial charge in [0, 0.05) is 18.1 Å². The molecule has 1 aliphatic carbocycles. The van der Waals surface area contributed by atoms with Gasteiger partial charge in [0.15, 0.2) is 0 Å². The van der Waals surface area contributed by atoms with Crippen molar-refractivity contribution in [2.24, 2.45) is 17.6 Å². The maximum Gasteiger partial charge on any atom is 0.0602 e. The molecule has 0 aromatic heterocycles. The number of likely N-dealkylation sites (tertiary alicyclic amines) is 1. The van der Waals surface area contributed by atoms with Gasteiger partial charge in [0.1, 0.15) is 0 Å². The summed E-state index contributed by atoms with van der Waals surface area (Å²) in [5.74, 6) is 1.49. The topological polar surface area (TPSA) is 49.5 Å². The third-order valence-electron chi connectivity index (χ3n) is 4.41. The van der Waals surface area contributed by atoms with Crippen molar-refractivity contribution >= 4 is 0 Å². The van der Waals surface area contributed by atoms with Crippen molar-refractivity contribution in [3.05, 3.63) is 0 Å². The number of piperidine rings is 1. The molecule has 4 unspecified atom stereocenters. The number of hydrogen-bond acceptors (Lipinski definition) is 3. The molecule has 0 aromatic rings. The van der Waals surface area contributed by atoms with Crippen molar-refractivity contribution in [1.82, 2.24) is 4.90 Å². The SMILES string of the molecule is CC1CCN(C(CO)C(N)C2CC2)C(C)C1. The average molecular weight is 226 g/mol. The molecule has 1 heterocycles. The van der Waals surface area contributed by atoms with Gasteiger partial charge in [-0.15, -0.1) is 0 Å². The molecule has 1 aliphatic heterocycles. The van der Waals surface area contributed by atoms with Crippen molar-refractivity contribution in [3.63, 3.8) is 0 Å². The molecular formula is C13H26N2O. The minimum Gasteiger partial charge on any atom is -0.395 e. The Hall–Kier alpha value is -0.120. The van der Waals surface area contributed by atoms with E-state index in [1.165, 1.54) is 25.7 Å². The van der Waals surface area contributed by atoms with Crippen LogP contribution in [-0.2, 0) is 0 Å². The molecule has 4 atom stereocenters. The smallest absolute Gasteiger partial charge is 0.0602 e. The Balaban J connectivity index is 1.96. The van der Waals surface area contributed by atoms with E-state index >= 15 is 0 Å². The molecule has 0 amide bonds. The monoisotopic (exact) mass is 226 g/mol. The van der Waals surface area contributed by atoms with Crippen LogP contribution >= 0.6 is 0 Å². The van der Waals surface area contributed by atoms with Gasteiger partial charge in [0.2, 0.25) is 0 Å². The lowest BCUT2D eigenvalue weighted by Gasteiger charge is -2.43. The molecule has 1 saturated heterocycles. The molecule has 3 nitrogen and oxygen atoms in total. The van der Waals surface area contributed by atoms with Crippen molar-refractivity contribution in [2.45, 2.75) is 57.7 Å². The van der Waals surface area contributed by atoms with E-state index in [2.05, 4.69) is 18.7 Å². The molecule has 0 aromatic carbocycles. The zero-order valence-electron chi connectivity index (χ0n) is 10.6. The zero-order valence-corrected chi connectivity index (χ0v) is 10.6. The van der Waals surface area contributed by atoms with E-state index in [0.29, 0.717) is 12.0 Å². The highest BCUT2D eigenvalue weighted by Crippen LogP contribution is 2.35. The van der Waals surface area contributed by atoms with Crippen LogP contribution in [0.5, 0.6) is 0 Å². The van der Waals surface area contributed by atoms with E-state index in [0.717, 1.165) is 12.5 Å². The summed E-state index contributed by atoms with van der Waals surface area (Å²) in [5, 5.41) is 9.59. The molecule has 0 radical (unpaired) electrons. The summed E-state index contributed by atoms with van der Waals surface area (Å²) in [6, 6.07) is 0.946. The van der Waals surface area contributed by atoms with Gasteiger partial charge in [-0.2, -0.15) is 0 Å². The Morgan fingerprint density at radius 3 is 2.50 bits per heavy atom. The van der Waals surface area contributed by atoms with Gasteiger partial charge in [0.05, 0.1) is 6.61 Å². The van der Waals surface area contributed by atoms with Gasteiger partial charge >= 0.3 is 0 Å². The number of nitrogens with zero attached hydrogens (tertiary/aromatic N) is 1. The molecule has 2 rings (SSSR count). The summed E-state index contributed by atoms with van der Waals surface area (Å²) in [5.41, 5.74) is 6.26. The van der Waals surface area contributed by atoms with Crippen LogP contribution in [0.25, 0.3) is 0 Å². The van der Waals surface area contributed by atoms with E-state index in [9.17, 15) is 5.11 Å². The lowest BCUT2D eigenvalue weighted by Crippen LogP contribution is -2.56. The van der Waals surface area contributed by atoms with Crippen LogP contribution in [0.15, 0.2) is 0 Å². The fraction of sp³-hybridized carbons (Fsp3) is 1.00. The summed E-state index contributed by atoms with van der Waals surface area (Å²) in [4.78, 5) is 2.45. The van der Waals surface area contributed by atoms with E-state index in [1.54, 1.807) is 0 Å². The number of hydrogen-bond donors (Lipinski definition) is 2. The third kappa shape index (κ3) is 2.58. The molecule has 0 bridgehead atoms. The van der Waals surface area contributed by atoms with Crippen molar-refractivity contribution in [2.75, 3.05) is 13.2 Å². The normalized spacial score (nSPS) is 36.0. The van der Waals surface area contributed by atoms with E-state index in [4.69, 9.17) is 5.73 Å². The first-order valence-corrected chi connectivity index (χ1v) is 6.75. The molecule has 2 fully saturated rings. The quantitative estimate of drug-likeness (QED) is 0.757. The van der Waals surface area contributed by atoms with Crippen LogP contribution in [0.4, 0.5) is 0 Å². The number of aliphatic hydroxyl groups excluding tert-OH is 1. The molecule has 2 aliphatic rings. The molecule has 1 saturated carbocycles. The predicted octanol–water partition coefficient (Wildman–Crippen LogP) is 1.20. The lowest BCUT2D eigenvalue weighted by molar-refractivity contribution is 0.0326. The highest BCUT2D eigenvalue weighted by atomic mass is 16.3. The standard InChI is InChI=1S/C13H26N2O/c1-9-5-6-15(10(2)7-9)12(8-16)13(14)11-3-4-11/h9-13,16H,3-8,14H2,1-2H3. The summed E-state index contributed by atoms with van der Waals surface area (Å²) in [7, 11) is 0. The van der Waals surface area contributed by atoms with Crippen LogP contribution in [-0.4, -0.2) is 41.3 Å². The van der Waals surface area contributed by atoms with Crippen LogP contribution in [0.3, 0.4) is 0 Å². The molecule has 3 heteroatoms. The second-order valence-electron chi connectivity index (χ2n) is 5.88. The first-order valence-electron chi connectivity index (χ1n) is 6.75.